The number of hydrogen-bond acceptors (Lipinski definition) is 2. The molecule has 0 spiro atoms. The van der Waals surface area contributed by atoms with Gasteiger partial charge in [0.1, 0.15) is 0 Å². The van der Waals surface area contributed by atoms with Gasteiger partial charge in [0, 0.05) is 29.9 Å². The summed E-state index contributed by atoms with van der Waals surface area (Å²) in [4.78, 5) is 12.7. The molecular weight excluding hydrogens is 334 g/mol. The van der Waals surface area contributed by atoms with Crippen molar-refractivity contribution in [2.45, 2.75) is 37.6 Å². The SMILES string of the molecule is O=C(NCC1(c2ccccc2)CCCC1)c1ccc(Cn2cccn2)cc1. The molecule has 2 aromatic carbocycles. The van der Waals surface area contributed by atoms with E-state index < -0.39 is 0 Å². The van der Waals surface area contributed by atoms with E-state index in [1.54, 1.807) is 6.20 Å². The molecule has 4 rings (SSSR count). The standard InChI is InChI=1S/C23H25N3O/c27-22(20-11-9-19(10-12-20)17-26-16-6-15-25-26)24-18-23(13-4-5-14-23)21-7-2-1-3-8-21/h1-3,6-12,15-16H,4-5,13-14,17-18H2,(H,24,27). The molecule has 0 bridgehead atoms. The predicted molar refractivity (Wildman–Crippen MR) is 107 cm³/mol. The van der Waals surface area contributed by atoms with Crippen molar-refractivity contribution in [2.24, 2.45) is 0 Å². The number of nitrogens with zero attached hydrogens (tertiary/aromatic N) is 2. The fourth-order valence-corrected chi connectivity index (χ4v) is 4.11. The highest BCUT2D eigenvalue weighted by Crippen LogP contribution is 2.40. The van der Waals surface area contributed by atoms with Crippen LogP contribution in [0.25, 0.3) is 0 Å². The van der Waals surface area contributed by atoms with Crippen LogP contribution >= 0.6 is 0 Å². The van der Waals surface area contributed by atoms with E-state index in [-0.39, 0.29) is 11.3 Å². The zero-order chi connectivity index (χ0) is 18.5. The van der Waals surface area contributed by atoms with E-state index >= 15 is 0 Å². The molecule has 1 saturated carbocycles. The summed E-state index contributed by atoms with van der Waals surface area (Å²) < 4.78 is 1.87. The van der Waals surface area contributed by atoms with Crippen LogP contribution in [0, 0.1) is 0 Å². The van der Waals surface area contributed by atoms with Gasteiger partial charge in [-0.1, -0.05) is 55.3 Å². The van der Waals surface area contributed by atoms with Crippen LogP contribution in [0.2, 0.25) is 0 Å². The van der Waals surface area contributed by atoms with E-state index in [4.69, 9.17) is 0 Å². The van der Waals surface area contributed by atoms with E-state index in [2.05, 4.69) is 40.7 Å². The van der Waals surface area contributed by atoms with Crippen LogP contribution < -0.4 is 5.32 Å². The molecule has 0 radical (unpaired) electrons. The first-order chi connectivity index (χ1) is 13.3. The van der Waals surface area contributed by atoms with Crippen molar-refractivity contribution >= 4 is 5.91 Å². The Balaban J connectivity index is 1.41. The largest absolute Gasteiger partial charge is 0.351 e. The lowest BCUT2D eigenvalue weighted by atomic mass is 9.79. The molecule has 1 aliphatic rings. The van der Waals surface area contributed by atoms with Crippen molar-refractivity contribution in [3.63, 3.8) is 0 Å². The summed E-state index contributed by atoms with van der Waals surface area (Å²) in [7, 11) is 0. The maximum absolute atomic E-state index is 12.7. The lowest BCUT2D eigenvalue weighted by molar-refractivity contribution is 0.0943. The molecule has 1 aromatic heterocycles. The zero-order valence-electron chi connectivity index (χ0n) is 15.5. The number of nitrogens with one attached hydrogen (secondary N) is 1. The maximum atomic E-state index is 12.7. The third-order valence-electron chi connectivity index (χ3n) is 5.65. The van der Waals surface area contributed by atoms with Gasteiger partial charge in [0.15, 0.2) is 0 Å². The van der Waals surface area contributed by atoms with E-state index in [1.165, 1.54) is 18.4 Å². The minimum absolute atomic E-state index is 0.00263. The first-order valence-corrected chi connectivity index (χ1v) is 9.65. The second-order valence-corrected chi connectivity index (χ2v) is 7.44. The zero-order valence-corrected chi connectivity index (χ0v) is 15.5. The van der Waals surface area contributed by atoms with Gasteiger partial charge in [-0.15, -0.1) is 0 Å². The molecule has 3 aromatic rings. The fraction of sp³-hybridized carbons (Fsp3) is 0.304. The van der Waals surface area contributed by atoms with Gasteiger partial charge in [-0.25, -0.2) is 0 Å². The second kappa shape index (κ2) is 7.78. The molecule has 0 aliphatic heterocycles. The molecule has 0 saturated heterocycles. The van der Waals surface area contributed by atoms with Gasteiger partial charge in [0.25, 0.3) is 5.91 Å². The molecule has 4 heteroatoms. The second-order valence-electron chi connectivity index (χ2n) is 7.44. The molecule has 0 atom stereocenters. The summed E-state index contributed by atoms with van der Waals surface area (Å²) in [6.07, 6.45) is 8.44. The number of aromatic nitrogens is 2. The summed E-state index contributed by atoms with van der Waals surface area (Å²) in [5, 5.41) is 7.41. The van der Waals surface area contributed by atoms with E-state index in [0.29, 0.717) is 18.7 Å². The van der Waals surface area contributed by atoms with Crippen molar-refractivity contribution in [1.29, 1.82) is 0 Å². The minimum atomic E-state index is 0.00263. The summed E-state index contributed by atoms with van der Waals surface area (Å²) in [6.45, 7) is 1.41. The van der Waals surface area contributed by atoms with Crippen molar-refractivity contribution in [2.75, 3.05) is 6.54 Å². The van der Waals surface area contributed by atoms with Gasteiger partial charge in [0.2, 0.25) is 0 Å². The molecule has 1 aliphatic carbocycles. The lowest BCUT2D eigenvalue weighted by Crippen LogP contribution is -2.39. The topological polar surface area (TPSA) is 46.9 Å². The Labute approximate surface area is 160 Å². The Morgan fingerprint density at radius 3 is 2.41 bits per heavy atom. The van der Waals surface area contributed by atoms with Crippen LogP contribution in [0.3, 0.4) is 0 Å². The minimum Gasteiger partial charge on any atom is -0.351 e. The molecule has 1 N–H and O–H groups in total. The third-order valence-corrected chi connectivity index (χ3v) is 5.65. The number of carbonyl (C=O) groups excluding carboxylic acids is 1. The van der Waals surface area contributed by atoms with Crippen LogP contribution in [0.5, 0.6) is 0 Å². The third kappa shape index (κ3) is 3.95. The summed E-state index contributed by atoms with van der Waals surface area (Å²) in [5.41, 5.74) is 3.27. The molecule has 27 heavy (non-hydrogen) atoms. The van der Waals surface area contributed by atoms with Gasteiger partial charge >= 0.3 is 0 Å². The molecule has 1 heterocycles. The van der Waals surface area contributed by atoms with E-state index in [0.717, 1.165) is 18.4 Å². The monoisotopic (exact) mass is 359 g/mol. The molecule has 1 fully saturated rings. The average Bonchev–Trinajstić information content (AvgIpc) is 3.40. The van der Waals surface area contributed by atoms with Crippen LogP contribution in [-0.2, 0) is 12.0 Å². The highest BCUT2D eigenvalue weighted by Gasteiger charge is 2.35. The normalized spacial score (nSPS) is 15.6. The van der Waals surface area contributed by atoms with Gasteiger partial charge in [0.05, 0.1) is 6.54 Å². The molecule has 1 amide bonds. The Morgan fingerprint density at radius 2 is 1.74 bits per heavy atom. The lowest BCUT2D eigenvalue weighted by Gasteiger charge is -2.30. The predicted octanol–water partition coefficient (Wildman–Crippen LogP) is 4.17. The quantitative estimate of drug-likeness (QED) is 0.718. The summed E-state index contributed by atoms with van der Waals surface area (Å²) in [6, 6.07) is 20.3. The Kier molecular flexibility index (Phi) is 5.05. The van der Waals surface area contributed by atoms with Crippen molar-refractivity contribution in [3.8, 4) is 0 Å². The summed E-state index contributed by atoms with van der Waals surface area (Å²) in [5.74, 6) is 0.00263. The van der Waals surface area contributed by atoms with Crippen LogP contribution in [-0.4, -0.2) is 22.2 Å². The molecule has 138 valence electrons. The van der Waals surface area contributed by atoms with Crippen molar-refractivity contribution in [3.05, 3.63) is 89.7 Å². The maximum Gasteiger partial charge on any atom is 0.251 e. The molecule has 0 unspecified atom stereocenters. The fourth-order valence-electron chi connectivity index (χ4n) is 4.11. The molecular formula is C23H25N3O. The van der Waals surface area contributed by atoms with Gasteiger partial charge in [-0.2, -0.15) is 5.10 Å². The van der Waals surface area contributed by atoms with E-state index in [9.17, 15) is 4.79 Å². The van der Waals surface area contributed by atoms with Crippen LogP contribution in [0.15, 0.2) is 73.1 Å². The average molecular weight is 359 g/mol. The number of rotatable bonds is 6. The smallest absolute Gasteiger partial charge is 0.251 e. The van der Waals surface area contributed by atoms with Crippen molar-refractivity contribution < 1.29 is 4.79 Å². The highest BCUT2D eigenvalue weighted by molar-refractivity contribution is 5.94. The van der Waals surface area contributed by atoms with Gasteiger partial charge < -0.3 is 5.32 Å². The highest BCUT2D eigenvalue weighted by atomic mass is 16.1. The number of amides is 1. The van der Waals surface area contributed by atoms with Crippen LogP contribution in [0.4, 0.5) is 0 Å². The number of benzene rings is 2. The van der Waals surface area contributed by atoms with Gasteiger partial charge in [-0.05, 0) is 42.2 Å². The Bertz CT molecular complexity index is 864. The first-order valence-electron chi connectivity index (χ1n) is 9.65. The van der Waals surface area contributed by atoms with Gasteiger partial charge in [-0.3, -0.25) is 9.48 Å². The Hall–Kier alpha value is -2.88. The number of hydrogen-bond donors (Lipinski definition) is 1. The summed E-state index contributed by atoms with van der Waals surface area (Å²) >= 11 is 0. The van der Waals surface area contributed by atoms with Crippen LogP contribution in [0.1, 0.15) is 47.2 Å². The van der Waals surface area contributed by atoms with Crippen molar-refractivity contribution in [1.82, 2.24) is 15.1 Å². The first kappa shape index (κ1) is 17.5. The number of carbonyl (C=O) groups is 1. The van der Waals surface area contributed by atoms with E-state index in [1.807, 2.05) is 41.2 Å². The Morgan fingerprint density at radius 1 is 1.00 bits per heavy atom. The molecule has 4 nitrogen and oxygen atoms in total.